The zero-order chi connectivity index (χ0) is 11.4. The number of halogens is 2. The molecule has 0 aliphatic rings. The topological polar surface area (TPSA) is 29.1 Å². The first-order valence-corrected chi connectivity index (χ1v) is 5.46. The van der Waals surface area contributed by atoms with Crippen LogP contribution in [0.15, 0.2) is 18.2 Å². The SMILES string of the molecule is CNCC(C)C(=O)c1cccc(Cl)c1Cl. The van der Waals surface area contributed by atoms with E-state index in [0.717, 1.165) is 0 Å². The summed E-state index contributed by atoms with van der Waals surface area (Å²) >= 11 is 11.8. The smallest absolute Gasteiger partial charge is 0.168 e. The van der Waals surface area contributed by atoms with Gasteiger partial charge in [0.15, 0.2) is 5.78 Å². The third-order valence-corrected chi connectivity index (χ3v) is 2.99. The number of benzene rings is 1. The number of hydrogen-bond donors (Lipinski definition) is 1. The van der Waals surface area contributed by atoms with Crippen molar-refractivity contribution in [2.45, 2.75) is 6.92 Å². The van der Waals surface area contributed by atoms with Gasteiger partial charge in [-0.25, -0.2) is 0 Å². The molecule has 1 atom stereocenters. The van der Waals surface area contributed by atoms with Gasteiger partial charge in [0.25, 0.3) is 0 Å². The van der Waals surface area contributed by atoms with Crippen LogP contribution in [0, 0.1) is 5.92 Å². The van der Waals surface area contributed by atoms with Crippen LogP contribution in [0.25, 0.3) is 0 Å². The highest BCUT2D eigenvalue weighted by Crippen LogP contribution is 2.27. The van der Waals surface area contributed by atoms with Crippen molar-refractivity contribution < 1.29 is 4.79 Å². The molecule has 0 fully saturated rings. The van der Waals surface area contributed by atoms with E-state index in [4.69, 9.17) is 23.2 Å². The fraction of sp³-hybridized carbons (Fsp3) is 0.364. The Balaban J connectivity index is 2.96. The van der Waals surface area contributed by atoms with Crippen molar-refractivity contribution in [3.63, 3.8) is 0 Å². The summed E-state index contributed by atoms with van der Waals surface area (Å²) in [5.41, 5.74) is 0.493. The minimum atomic E-state index is -0.106. The molecule has 0 heterocycles. The first kappa shape index (κ1) is 12.5. The first-order valence-electron chi connectivity index (χ1n) is 4.70. The average Bonchev–Trinajstić information content (AvgIpc) is 2.21. The predicted octanol–water partition coefficient (Wildman–Crippen LogP) is 3.03. The fourth-order valence-electron chi connectivity index (χ4n) is 1.36. The zero-order valence-electron chi connectivity index (χ0n) is 8.68. The number of carbonyl (C=O) groups is 1. The van der Waals surface area contributed by atoms with Crippen LogP contribution in [0.4, 0.5) is 0 Å². The third-order valence-electron chi connectivity index (χ3n) is 2.17. The van der Waals surface area contributed by atoms with Crippen molar-refractivity contribution in [3.8, 4) is 0 Å². The molecule has 15 heavy (non-hydrogen) atoms. The Kier molecular flexibility index (Phi) is 4.58. The minimum Gasteiger partial charge on any atom is -0.319 e. The molecule has 0 amide bonds. The lowest BCUT2D eigenvalue weighted by molar-refractivity contribution is 0.0930. The van der Waals surface area contributed by atoms with Gasteiger partial charge in [-0.3, -0.25) is 4.79 Å². The summed E-state index contributed by atoms with van der Waals surface area (Å²) in [4.78, 5) is 11.9. The standard InChI is InChI=1S/C11H13Cl2NO/c1-7(6-14-2)11(15)8-4-3-5-9(12)10(8)13/h3-5,7,14H,6H2,1-2H3. The van der Waals surface area contributed by atoms with Gasteiger partial charge in [-0.1, -0.05) is 36.2 Å². The van der Waals surface area contributed by atoms with Gasteiger partial charge >= 0.3 is 0 Å². The molecular weight excluding hydrogens is 233 g/mol. The summed E-state index contributed by atoms with van der Waals surface area (Å²) in [6.45, 7) is 2.48. The van der Waals surface area contributed by atoms with E-state index in [2.05, 4.69) is 5.32 Å². The van der Waals surface area contributed by atoms with Crippen LogP contribution in [0.3, 0.4) is 0 Å². The van der Waals surface area contributed by atoms with Crippen LogP contribution in [0.1, 0.15) is 17.3 Å². The summed E-state index contributed by atoms with van der Waals surface area (Å²) in [6, 6.07) is 5.10. The second kappa shape index (κ2) is 5.50. The van der Waals surface area contributed by atoms with Gasteiger partial charge in [-0.05, 0) is 19.2 Å². The molecule has 0 aliphatic heterocycles. The minimum absolute atomic E-state index is 0.0110. The van der Waals surface area contributed by atoms with Crippen molar-refractivity contribution in [1.82, 2.24) is 5.32 Å². The highest BCUT2D eigenvalue weighted by atomic mass is 35.5. The Labute approximate surface area is 99.6 Å². The Morgan fingerprint density at radius 3 is 2.73 bits per heavy atom. The molecule has 0 spiro atoms. The van der Waals surface area contributed by atoms with E-state index < -0.39 is 0 Å². The van der Waals surface area contributed by atoms with Crippen LogP contribution >= 0.6 is 23.2 Å². The lowest BCUT2D eigenvalue weighted by Crippen LogP contribution is -2.23. The average molecular weight is 246 g/mol. The zero-order valence-corrected chi connectivity index (χ0v) is 10.2. The molecular formula is C11H13Cl2NO. The first-order chi connectivity index (χ1) is 7.07. The van der Waals surface area contributed by atoms with Crippen molar-refractivity contribution in [1.29, 1.82) is 0 Å². The molecule has 1 aromatic carbocycles. The highest BCUT2D eigenvalue weighted by molar-refractivity contribution is 6.43. The fourth-order valence-corrected chi connectivity index (χ4v) is 1.75. The Bertz CT molecular complexity index is 366. The number of nitrogens with one attached hydrogen (secondary N) is 1. The molecule has 1 N–H and O–H groups in total. The van der Waals surface area contributed by atoms with Gasteiger partial charge in [0.2, 0.25) is 0 Å². The molecule has 1 unspecified atom stereocenters. The van der Waals surface area contributed by atoms with Gasteiger partial charge in [-0.15, -0.1) is 0 Å². The van der Waals surface area contributed by atoms with E-state index in [-0.39, 0.29) is 11.7 Å². The van der Waals surface area contributed by atoms with Gasteiger partial charge in [0.05, 0.1) is 10.0 Å². The number of carbonyl (C=O) groups excluding carboxylic acids is 1. The second-order valence-electron chi connectivity index (χ2n) is 3.42. The summed E-state index contributed by atoms with van der Waals surface area (Å²) in [5, 5.41) is 3.71. The monoisotopic (exact) mass is 245 g/mol. The molecule has 4 heteroatoms. The molecule has 1 aromatic rings. The van der Waals surface area contributed by atoms with Gasteiger partial charge < -0.3 is 5.32 Å². The van der Waals surface area contributed by atoms with Gasteiger partial charge in [0, 0.05) is 18.0 Å². The maximum atomic E-state index is 11.9. The Morgan fingerprint density at radius 2 is 2.13 bits per heavy atom. The molecule has 1 rings (SSSR count). The lowest BCUT2D eigenvalue weighted by Gasteiger charge is -2.11. The van der Waals surface area contributed by atoms with E-state index in [1.807, 2.05) is 14.0 Å². The maximum Gasteiger partial charge on any atom is 0.168 e. The van der Waals surface area contributed by atoms with Crippen LogP contribution < -0.4 is 5.32 Å². The highest BCUT2D eigenvalue weighted by Gasteiger charge is 2.18. The molecule has 0 aromatic heterocycles. The van der Waals surface area contributed by atoms with E-state index in [1.165, 1.54) is 0 Å². The van der Waals surface area contributed by atoms with Crippen LogP contribution in [-0.4, -0.2) is 19.4 Å². The van der Waals surface area contributed by atoms with Crippen molar-refractivity contribution in [2.75, 3.05) is 13.6 Å². The largest absolute Gasteiger partial charge is 0.319 e. The Hall–Kier alpha value is -0.570. The number of rotatable bonds is 4. The van der Waals surface area contributed by atoms with Crippen LogP contribution in [-0.2, 0) is 0 Å². The summed E-state index contributed by atoms with van der Waals surface area (Å²) < 4.78 is 0. The third kappa shape index (κ3) is 2.94. The van der Waals surface area contributed by atoms with Crippen molar-refractivity contribution in [2.24, 2.45) is 5.92 Å². The Morgan fingerprint density at radius 1 is 1.47 bits per heavy atom. The molecule has 0 saturated heterocycles. The molecule has 0 radical (unpaired) electrons. The molecule has 0 aliphatic carbocycles. The van der Waals surface area contributed by atoms with E-state index >= 15 is 0 Å². The normalized spacial score (nSPS) is 12.5. The number of ketones is 1. The van der Waals surface area contributed by atoms with Gasteiger partial charge in [0.1, 0.15) is 0 Å². The van der Waals surface area contributed by atoms with Crippen LogP contribution in [0.2, 0.25) is 10.0 Å². The van der Waals surface area contributed by atoms with Crippen LogP contribution in [0.5, 0.6) is 0 Å². The number of Topliss-reactive ketones (excluding diaryl/α,β-unsaturated/α-hetero) is 1. The maximum absolute atomic E-state index is 11.9. The predicted molar refractivity (Wildman–Crippen MR) is 63.9 cm³/mol. The quantitative estimate of drug-likeness (QED) is 0.827. The van der Waals surface area contributed by atoms with E-state index in [0.29, 0.717) is 22.2 Å². The summed E-state index contributed by atoms with van der Waals surface area (Å²) in [7, 11) is 1.81. The lowest BCUT2D eigenvalue weighted by atomic mass is 9.99. The van der Waals surface area contributed by atoms with Crippen molar-refractivity contribution in [3.05, 3.63) is 33.8 Å². The summed E-state index contributed by atoms with van der Waals surface area (Å²) in [6.07, 6.45) is 0. The van der Waals surface area contributed by atoms with E-state index in [1.54, 1.807) is 18.2 Å². The van der Waals surface area contributed by atoms with Gasteiger partial charge in [-0.2, -0.15) is 0 Å². The second-order valence-corrected chi connectivity index (χ2v) is 4.21. The molecule has 2 nitrogen and oxygen atoms in total. The molecule has 0 bridgehead atoms. The summed E-state index contributed by atoms with van der Waals surface area (Å²) in [5.74, 6) is -0.0946. The molecule has 82 valence electrons. The molecule has 0 saturated carbocycles. The van der Waals surface area contributed by atoms with E-state index in [9.17, 15) is 4.79 Å². The number of hydrogen-bond acceptors (Lipinski definition) is 2. The van der Waals surface area contributed by atoms with Crippen molar-refractivity contribution >= 4 is 29.0 Å².